The molecular weight excluding hydrogens is 226 g/mol. The van der Waals surface area contributed by atoms with E-state index in [-0.39, 0.29) is 6.42 Å². The molecule has 1 aromatic carbocycles. The molecule has 1 unspecified atom stereocenters. The van der Waals surface area contributed by atoms with E-state index in [0.29, 0.717) is 12.5 Å². The van der Waals surface area contributed by atoms with Gasteiger partial charge in [0.05, 0.1) is 0 Å². The molecule has 0 aliphatic carbocycles. The van der Waals surface area contributed by atoms with Gasteiger partial charge in [0.25, 0.3) is 0 Å². The monoisotopic (exact) mass is 249 g/mol. The molecule has 0 aromatic heterocycles. The van der Waals surface area contributed by atoms with Gasteiger partial charge in [0.2, 0.25) is 0 Å². The maximum Gasteiger partial charge on any atom is 0.303 e. The van der Waals surface area contributed by atoms with Gasteiger partial charge in [-0.05, 0) is 46.3 Å². The fraction of sp³-hybridized carbons (Fsp3) is 0.533. The number of aliphatic carboxylic acids is 1. The first-order valence-corrected chi connectivity index (χ1v) is 6.40. The van der Waals surface area contributed by atoms with Crippen LogP contribution in [-0.4, -0.2) is 29.6 Å². The quantitative estimate of drug-likeness (QED) is 0.842. The van der Waals surface area contributed by atoms with Gasteiger partial charge in [-0.3, -0.25) is 9.69 Å². The molecule has 100 valence electrons. The van der Waals surface area contributed by atoms with Crippen molar-refractivity contribution in [1.82, 2.24) is 4.90 Å². The Morgan fingerprint density at radius 2 is 1.83 bits per heavy atom. The summed E-state index contributed by atoms with van der Waals surface area (Å²) in [4.78, 5) is 12.7. The second-order valence-corrected chi connectivity index (χ2v) is 5.07. The second-order valence-electron chi connectivity index (χ2n) is 5.07. The largest absolute Gasteiger partial charge is 0.481 e. The maximum atomic E-state index is 10.5. The van der Waals surface area contributed by atoms with E-state index in [1.807, 2.05) is 7.05 Å². The van der Waals surface area contributed by atoms with Crippen molar-refractivity contribution in [3.05, 3.63) is 34.9 Å². The number of carboxylic acid groups (broad SMARTS) is 1. The molecule has 0 saturated heterocycles. The molecule has 3 heteroatoms. The lowest BCUT2D eigenvalue weighted by Gasteiger charge is -2.25. The molecule has 0 bridgehead atoms. The molecule has 18 heavy (non-hydrogen) atoms. The lowest BCUT2D eigenvalue weighted by atomic mass is 10.0. The summed E-state index contributed by atoms with van der Waals surface area (Å²) in [5, 5.41) is 8.64. The summed E-state index contributed by atoms with van der Waals surface area (Å²) < 4.78 is 0. The number of nitrogens with zero attached hydrogens (tertiary/aromatic N) is 1. The Bertz CT molecular complexity index is 395. The Labute approximate surface area is 109 Å². The number of hydrogen-bond donors (Lipinski definition) is 1. The highest BCUT2D eigenvalue weighted by molar-refractivity contribution is 5.66. The van der Waals surface area contributed by atoms with Crippen LogP contribution in [0.2, 0.25) is 0 Å². The standard InChI is InChI=1S/C15H23NO2/c1-11-8-12(2)10-14(9-11)13(3)16(4)7-5-6-15(17)18/h8-10,13H,5-7H2,1-4H3,(H,17,18). The van der Waals surface area contributed by atoms with Crippen LogP contribution in [0.5, 0.6) is 0 Å². The summed E-state index contributed by atoms with van der Waals surface area (Å²) in [7, 11) is 2.05. The van der Waals surface area contributed by atoms with E-state index < -0.39 is 5.97 Å². The Hall–Kier alpha value is -1.35. The summed E-state index contributed by atoms with van der Waals surface area (Å²) in [6.45, 7) is 7.18. The number of benzene rings is 1. The number of aryl methyl sites for hydroxylation is 2. The van der Waals surface area contributed by atoms with E-state index in [0.717, 1.165) is 6.54 Å². The minimum atomic E-state index is -0.720. The highest BCUT2D eigenvalue weighted by Gasteiger charge is 2.12. The first kappa shape index (κ1) is 14.7. The molecule has 0 radical (unpaired) electrons. The first-order valence-electron chi connectivity index (χ1n) is 6.40. The second kappa shape index (κ2) is 6.55. The van der Waals surface area contributed by atoms with Crippen LogP contribution in [0.4, 0.5) is 0 Å². The first-order chi connectivity index (χ1) is 8.40. The average Bonchev–Trinajstić information content (AvgIpc) is 2.26. The van der Waals surface area contributed by atoms with Gasteiger partial charge in [-0.25, -0.2) is 0 Å². The zero-order valence-corrected chi connectivity index (χ0v) is 11.7. The van der Waals surface area contributed by atoms with Gasteiger partial charge in [-0.15, -0.1) is 0 Å². The Kier molecular flexibility index (Phi) is 5.35. The molecule has 0 aliphatic heterocycles. The molecule has 1 N–H and O–H groups in total. The Morgan fingerprint density at radius 3 is 2.33 bits per heavy atom. The van der Waals surface area contributed by atoms with Crippen molar-refractivity contribution in [1.29, 1.82) is 0 Å². The van der Waals surface area contributed by atoms with Gasteiger partial charge < -0.3 is 5.11 Å². The highest BCUT2D eigenvalue weighted by atomic mass is 16.4. The van der Waals surface area contributed by atoms with E-state index in [4.69, 9.17) is 5.11 Å². The minimum absolute atomic E-state index is 0.240. The zero-order chi connectivity index (χ0) is 13.7. The molecule has 1 rings (SSSR count). The molecular formula is C15H23NO2. The van der Waals surface area contributed by atoms with Crippen molar-refractivity contribution in [2.75, 3.05) is 13.6 Å². The fourth-order valence-electron chi connectivity index (χ4n) is 2.18. The van der Waals surface area contributed by atoms with Crippen LogP contribution in [0.1, 0.15) is 42.5 Å². The molecule has 3 nitrogen and oxygen atoms in total. The third-order valence-corrected chi connectivity index (χ3v) is 3.29. The molecule has 0 aliphatic rings. The maximum absolute atomic E-state index is 10.5. The van der Waals surface area contributed by atoms with Crippen LogP contribution in [0, 0.1) is 13.8 Å². The van der Waals surface area contributed by atoms with Crippen LogP contribution in [0.25, 0.3) is 0 Å². The normalized spacial score (nSPS) is 12.7. The van der Waals surface area contributed by atoms with Crippen molar-refractivity contribution >= 4 is 5.97 Å². The van der Waals surface area contributed by atoms with Crippen molar-refractivity contribution in [3.63, 3.8) is 0 Å². The predicted octanol–water partition coefficient (Wildman–Crippen LogP) is 3.16. The highest BCUT2D eigenvalue weighted by Crippen LogP contribution is 2.21. The Balaban J connectivity index is 2.62. The van der Waals surface area contributed by atoms with Crippen molar-refractivity contribution in [2.24, 2.45) is 0 Å². The van der Waals surface area contributed by atoms with Crippen molar-refractivity contribution < 1.29 is 9.90 Å². The van der Waals surface area contributed by atoms with E-state index in [9.17, 15) is 4.79 Å². The van der Waals surface area contributed by atoms with Gasteiger partial charge >= 0.3 is 5.97 Å². The fourth-order valence-corrected chi connectivity index (χ4v) is 2.18. The molecule has 0 spiro atoms. The predicted molar refractivity (Wildman–Crippen MR) is 73.8 cm³/mol. The van der Waals surface area contributed by atoms with Gasteiger partial charge in [0, 0.05) is 12.5 Å². The van der Waals surface area contributed by atoms with Crippen molar-refractivity contribution in [2.45, 2.75) is 39.7 Å². The van der Waals surface area contributed by atoms with E-state index in [1.54, 1.807) is 0 Å². The third kappa shape index (κ3) is 4.49. The molecule has 0 saturated carbocycles. The van der Waals surface area contributed by atoms with Crippen LogP contribution >= 0.6 is 0 Å². The van der Waals surface area contributed by atoms with Crippen LogP contribution in [-0.2, 0) is 4.79 Å². The number of hydrogen-bond acceptors (Lipinski definition) is 2. The molecule has 1 aromatic rings. The van der Waals surface area contributed by atoms with Crippen molar-refractivity contribution in [3.8, 4) is 0 Å². The van der Waals surface area contributed by atoms with Crippen LogP contribution < -0.4 is 0 Å². The van der Waals surface area contributed by atoms with E-state index in [2.05, 4.69) is 43.9 Å². The molecule has 0 fully saturated rings. The summed E-state index contributed by atoms with van der Waals surface area (Å²) in [5.74, 6) is -0.720. The van der Waals surface area contributed by atoms with E-state index >= 15 is 0 Å². The lowest BCUT2D eigenvalue weighted by molar-refractivity contribution is -0.137. The summed E-state index contributed by atoms with van der Waals surface area (Å²) in [5.41, 5.74) is 3.84. The number of carbonyl (C=O) groups is 1. The van der Waals surface area contributed by atoms with Gasteiger partial charge in [-0.1, -0.05) is 29.3 Å². The van der Waals surface area contributed by atoms with Crippen LogP contribution in [0.15, 0.2) is 18.2 Å². The smallest absolute Gasteiger partial charge is 0.303 e. The SMILES string of the molecule is Cc1cc(C)cc(C(C)N(C)CCCC(=O)O)c1. The zero-order valence-electron chi connectivity index (χ0n) is 11.7. The minimum Gasteiger partial charge on any atom is -0.481 e. The third-order valence-electron chi connectivity index (χ3n) is 3.29. The summed E-state index contributed by atoms with van der Waals surface area (Å²) in [6.07, 6.45) is 0.935. The summed E-state index contributed by atoms with van der Waals surface area (Å²) >= 11 is 0. The lowest BCUT2D eigenvalue weighted by Crippen LogP contribution is -2.24. The average molecular weight is 249 g/mol. The topological polar surface area (TPSA) is 40.5 Å². The van der Waals surface area contributed by atoms with Gasteiger partial charge in [0.1, 0.15) is 0 Å². The number of carboxylic acids is 1. The summed E-state index contributed by atoms with van der Waals surface area (Å²) in [6, 6.07) is 6.88. The van der Waals surface area contributed by atoms with Gasteiger partial charge in [-0.2, -0.15) is 0 Å². The van der Waals surface area contributed by atoms with Gasteiger partial charge in [0.15, 0.2) is 0 Å². The molecule has 0 heterocycles. The number of rotatable bonds is 6. The molecule has 1 atom stereocenters. The molecule has 0 amide bonds. The van der Waals surface area contributed by atoms with E-state index in [1.165, 1.54) is 16.7 Å². The van der Waals surface area contributed by atoms with Crippen LogP contribution in [0.3, 0.4) is 0 Å². The Morgan fingerprint density at radius 1 is 1.28 bits per heavy atom.